The second kappa shape index (κ2) is 7.38. The van der Waals surface area contributed by atoms with Crippen LogP contribution in [0.5, 0.6) is 0 Å². The standard InChI is InChI=1S/C16H26N4O/c1-4-13-9-7-8-10-20(13)15-12-17-14(11-18-15)16(21)19(5-2)6-3/h11-13H,4-10H2,1-3H3. The van der Waals surface area contributed by atoms with Crippen molar-refractivity contribution in [1.29, 1.82) is 0 Å². The lowest BCUT2D eigenvalue weighted by atomic mass is 10.0. The molecule has 1 aliphatic heterocycles. The van der Waals surface area contributed by atoms with Crippen molar-refractivity contribution in [3.63, 3.8) is 0 Å². The Morgan fingerprint density at radius 1 is 1.24 bits per heavy atom. The highest BCUT2D eigenvalue weighted by Crippen LogP contribution is 2.24. The van der Waals surface area contributed by atoms with Crippen LogP contribution in [0.2, 0.25) is 0 Å². The molecule has 116 valence electrons. The molecule has 1 aliphatic rings. The fourth-order valence-corrected chi connectivity index (χ4v) is 2.98. The maximum atomic E-state index is 12.2. The summed E-state index contributed by atoms with van der Waals surface area (Å²) in [4.78, 5) is 25.2. The minimum absolute atomic E-state index is 0.0373. The van der Waals surface area contributed by atoms with Gasteiger partial charge >= 0.3 is 0 Å². The van der Waals surface area contributed by atoms with E-state index in [1.807, 2.05) is 13.8 Å². The van der Waals surface area contributed by atoms with Crippen molar-refractivity contribution in [3.05, 3.63) is 18.1 Å². The van der Waals surface area contributed by atoms with Crippen LogP contribution in [0.1, 0.15) is 56.9 Å². The molecule has 1 aromatic rings. The van der Waals surface area contributed by atoms with Gasteiger partial charge in [-0.2, -0.15) is 0 Å². The van der Waals surface area contributed by atoms with Crippen molar-refractivity contribution < 1.29 is 4.79 Å². The van der Waals surface area contributed by atoms with Crippen molar-refractivity contribution >= 4 is 11.7 Å². The normalized spacial score (nSPS) is 18.6. The highest BCUT2D eigenvalue weighted by molar-refractivity contribution is 5.92. The summed E-state index contributed by atoms with van der Waals surface area (Å²) < 4.78 is 0. The van der Waals surface area contributed by atoms with Crippen molar-refractivity contribution in [2.45, 2.75) is 52.5 Å². The molecular formula is C16H26N4O. The molecule has 1 atom stereocenters. The molecule has 0 bridgehead atoms. The molecule has 0 aromatic carbocycles. The molecule has 1 aromatic heterocycles. The second-order valence-electron chi connectivity index (χ2n) is 5.49. The number of carbonyl (C=O) groups excluding carboxylic acids is 1. The molecular weight excluding hydrogens is 264 g/mol. The Morgan fingerprint density at radius 3 is 2.57 bits per heavy atom. The fourth-order valence-electron chi connectivity index (χ4n) is 2.98. The number of amides is 1. The topological polar surface area (TPSA) is 49.3 Å². The van der Waals surface area contributed by atoms with Crippen molar-refractivity contribution in [2.24, 2.45) is 0 Å². The van der Waals surface area contributed by atoms with Crippen molar-refractivity contribution in [1.82, 2.24) is 14.9 Å². The van der Waals surface area contributed by atoms with E-state index in [-0.39, 0.29) is 5.91 Å². The van der Waals surface area contributed by atoms with Crippen LogP contribution in [-0.2, 0) is 0 Å². The first-order chi connectivity index (χ1) is 10.2. The number of aromatic nitrogens is 2. The molecule has 2 rings (SSSR count). The monoisotopic (exact) mass is 290 g/mol. The summed E-state index contributed by atoms with van der Waals surface area (Å²) in [5.41, 5.74) is 0.438. The van der Waals surface area contributed by atoms with Gasteiger partial charge in [-0.25, -0.2) is 9.97 Å². The molecule has 1 saturated heterocycles. The van der Waals surface area contributed by atoms with Crippen LogP contribution in [-0.4, -0.2) is 46.5 Å². The third-order valence-corrected chi connectivity index (χ3v) is 4.30. The highest BCUT2D eigenvalue weighted by Gasteiger charge is 2.23. The van der Waals surface area contributed by atoms with E-state index in [1.54, 1.807) is 17.3 Å². The van der Waals surface area contributed by atoms with Gasteiger partial charge in [-0.05, 0) is 39.5 Å². The number of piperidine rings is 1. The molecule has 0 saturated carbocycles. The minimum atomic E-state index is -0.0373. The molecule has 0 N–H and O–H groups in total. The van der Waals surface area contributed by atoms with E-state index in [0.717, 1.165) is 18.8 Å². The van der Waals surface area contributed by atoms with Gasteiger partial charge in [0.15, 0.2) is 0 Å². The predicted molar refractivity (Wildman–Crippen MR) is 84.6 cm³/mol. The van der Waals surface area contributed by atoms with Gasteiger partial charge in [0.2, 0.25) is 0 Å². The van der Waals surface area contributed by atoms with Gasteiger partial charge in [-0.3, -0.25) is 4.79 Å². The maximum absolute atomic E-state index is 12.2. The van der Waals surface area contributed by atoms with Gasteiger partial charge in [0.1, 0.15) is 11.5 Å². The summed E-state index contributed by atoms with van der Waals surface area (Å²) >= 11 is 0. The molecule has 0 spiro atoms. The quantitative estimate of drug-likeness (QED) is 0.836. The van der Waals surface area contributed by atoms with E-state index in [2.05, 4.69) is 21.8 Å². The third kappa shape index (κ3) is 3.52. The van der Waals surface area contributed by atoms with Crippen LogP contribution >= 0.6 is 0 Å². The van der Waals surface area contributed by atoms with Crippen molar-refractivity contribution in [2.75, 3.05) is 24.5 Å². The van der Waals surface area contributed by atoms with Crippen LogP contribution < -0.4 is 4.90 Å². The zero-order valence-corrected chi connectivity index (χ0v) is 13.4. The lowest BCUT2D eigenvalue weighted by Gasteiger charge is -2.36. The Kier molecular flexibility index (Phi) is 5.53. The zero-order valence-electron chi connectivity index (χ0n) is 13.4. The molecule has 1 amide bonds. The molecule has 1 unspecified atom stereocenters. The van der Waals surface area contributed by atoms with E-state index in [4.69, 9.17) is 0 Å². The van der Waals surface area contributed by atoms with Crippen LogP contribution in [0.4, 0.5) is 5.82 Å². The maximum Gasteiger partial charge on any atom is 0.274 e. The molecule has 0 aliphatic carbocycles. The fraction of sp³-hybridized carbons (Fsp3) is 0.688. The van der Waals surface area contributed by atoms with Gasteiger partial charge in [0, 0.05) is 25.7 Å². The average molecular weight is 290 g/mol. The van der Waals surface area contributed by atoms with Crippen LogP contribution in [0.3, 0.4) is 0 Å². The summed E-state index contributed by atoms with van der Waals surface area (Å²) in [5, 5.41) is 0. The van der Waals surface area contributed by atoms with E-state index in [9.17, 15) is 4.79 Å². The first-order valence-corrected chi connectivity index (χ1v) is 8.09. The molecule has 5 heteroatoms. The number of anilines is 1. The Balaban J connectivity index is 2.12. The Morgan fingerprint density at radius 2 is 2.00 bits per heavy atom. The van der Waals surface area contributed by atoms with E-state index >= 15 is 0 Å². The Bertz CT molecular complexity index is 456. The summed E-state index contributed by atoms with van der Waals surface area (Å²) in [6.45, 7) is 8.60. The average Bonchev–Trinajstić information content (AvgIpc) is 2.56. The summed E-state index contributed by atoms with van der Waals surface area (Å²) in [6.07, 6.45) is 8.22. The van der Waals surface area contributed by atoms with E-state index in [1.165, 1.54) is 19.3 Å². The number of hydrogen-bond acceptors (Lipinski definition) is 4. The van der Waals surface area contributed by atoms with Crippen LogP contribution in [0.15, 0.2) is 12.4 Å². The summed E-state index contributed by atoms with van der Waals surface area (Å²) in [6, 6.07) is 0.553. The Hall–Kier alpha value is -1.65. The summed E-state index contributed by atoms with van der Waals surface area (Å²) in [5.74, 6) is 0.863. The largest absolute Gasteiger partial charge is 0.352 e. The van der Waals surface area contributed by atoms with Crippen molar-refractivity contribution in [3.8, 4) is 0 Å². The molecule has 5 nitrogen and oxygen atoms in total. The lowest BCUT2D eigenvalue weighted by molar-refractivity contribution is 0.0766. The van der Waals surface area contributed by atoms with Gasteiger partial charge < -0.3 is 9.80 Å². The van der Waals surface area contributed by atoms with E-state index < -0.39 is 0 Å². The first-order valence-electron chi connectivity index (χ1n) is 8.09. The second-order valence-corrected chi connectivity index (χ2v) is 5.49. The number of hydrogen-bond donors (Lipinski definition) is 0. The minimum Gasteiger partial charge on any atom is -0.352 e. The van der Waals surface area contributed by atoms with Gasteiger partial charge in [-0.15, -0.1) is 0 Å². The van der Waals surface area contributed by atoms with Gasteiger partial charge in [0.25, 0.3) is 5.91 Å². The highest BCUT2D eigenvalue weighted by atomic mass is 16.2. The van der Waals surface area contributed by atoms with Gasteiger partial charge in [0.05, 0.1) is 12.4 Å². The third-order valence-electron chi connectivity index (χ3n) is 4.30. The first kappa shape index (κ1) is 15.7. The number of nitrogens with zero attached hydrogens (tertiary/aromatic N) is 4. The zero-order chi connectivity index (χ0) is 15.2. The number of carbonyl (C=O) groups is 1. The number of rotatable bonds is 5. The summed E-state index contributed by atoms with van der Waals surface area (Å²) in [7, 11) is 0. The smallest absolute Gasteiger partial charge is 0.274 e. The Labute approximate surface area is 127 Å². The SMILES string of the molecule is CCC1CCCCN1c1cnc(C(=O)N(CC)CC)cn1. The molecule has 1 fully saturated rings. The predicted octanol–water partition coefficient (Wildman–Crippen LogP) is 2.73. The van der Waals surface area contributed by atoms with Crippen LogP contribution in [0.25, 0.3) is 0 Å². The molecule has 21 heavy (non-hydrogen) atoms. The molecule has 2 heterocycles. The van der Waals surface area contributed by atoms with E-state index in [0.29, 0.717) is 24.8 Å². The lowest BCUT2D eigenvalue weighted by Crippen LogP contribution is -2.39. The van der Waals surface area contributed by atoms with Gasteiger partial charge in [-0.1, -0.05) is 6.92 Å². The molecule has 0 radical (unpaired) electrons. The van der Waals surface area contributed by atoms with Crippen LogP contribution in [0, 0.1) is 0 Å².